The molecule has 0 radical (unpaired) electrons. The second kappa shape index (κ2) is 4.59. The summed E-state index contributed by atoms with van der Waals surface area (Å²) in [4.78, 5) is 11.1. The molecule has 0 spiro atoms. The molecule has 0 saturated heterocycles. The van der Waals surface area contributed by atoms with E-state index in [0.29, 0.717) is 11.4 Å². The quantitative estimate of drug-likeness (QED) is 0.827. The van der Waals surface area contributed by atoms with Crippen molar-refractivity contribution >= 4 is 0 Å². The molecule has 18 heavy (non-hydrogen) atoms. The zero-order chi connectivity index (χ0) is 13.2. The maximum absolute atomic E-state index is 12.5. The number of methoxy groups -OCH3 is 1. The molecule has 0 N–H and O–H groups in total. The number of nitrogens with zero attached hydrogens (tertiary/aromatic N) is 3. The van der Waals surface area contributed by atoms with Gasteiger partial charge in [0, 0.05) is 24.0 Å². The lowest BCUT2D eigenvalue weighted by Gasteiger charge is -2.07. The number of ether oxygens (including phenoxy) is 1. The molecule has 4 nitrogen and oxygen atoms in total. The molecule has 0 bridgehead atoms. The first-order chi connectivity index (χ1) is 8.50. The van der Waals surface area contributed by atoms with Gasteiger partial charge in [-0.1, -0.05) is 0 Å². The predicted molar refractivity (Wildman–Crippen MR) is 56.8 cm³/mol. The van der Waals surface area contributed by atoms with Crippen LogP contribution in [0.3, 0.4) is 0 Å². The Labute approximate surface area is 100 Å². The van der Waals surface area contributed by atoms with Gasteiger partial charge in [-0.05, 0) is 12.1 Å². The Hall–Kier alpha value is -2.18. The van der Waals surface area contributed by atoms with Gasteiger partial charge < -0.3 is 4.74 Å². The van der Waals surface area contributed by atoms with Crippen LogP contribution in [0.2, 0.25) is 0 Å². The van der Waals surface area contributed by atoms with Crippen molar-refractivity contribution in [3.63, 3.8) is 0 Å². The fourth-order valence-corrected chi connectivity index (χ4v) is 1.29. The van der Waals surface area contributed by atoms with Crippen LogP contribution in [0.15, 0.2) is 30.6 Å². The van der Waals surface area contributed by atoms with E-state index in [0.717, 1.165) is 12.3 Å². The van der Waals surface area contributed by atoms with Crippen LogP contribution in [-0.2, 0) is 6.18 Å². The molecule has 0 saturated carbocycles. The molecule has 0 fully saturated rings. The van der Waals surface area contributed by atoms with Gasteiger partial charge in [0.1, 0.15) is 5.69 Å². The molecule has 0 atom stereocenters. The SMILES string of the molecule is COc1ccc(-c2nccc(C(F)(F)F)n2)cn1. The fraction of sp³-hybridized carbons (Fsp3) is 0.182. The molecule has 94 valence electrons. The largest absolute Gasteiger partial charge is 0.481 e. The summed E-state index contributed by atoms with van der Waals surface area (Å²) >= 11 is 0. The van der Waals surface area contributed by atoms with Gasteiger partial charge in [-0.25, -0.2) is 15.0 Å². The second-order valence-corrected chi connectivity index (χ2v) is 3.35. The van der Waals surface area contributed by atoms with Crippen molar-refractivity contribution in [2.24, 2.45) is 0 Å². The number of halogens is 3. The van der Waals surface area contributed by atoms with Crippen molar-refractivity contribution in [1.29, 1.82) is 0 Å². The van der Waals surface area contributed by atoms with E-state index >= 15 is 0 Å². The molecular weight excluding hydrogens is 247 g/mol. The minimum atomic E-state index is -4.49. The number of aromatic nitrogens is 3. The predicted octanol–water partition coefficient (Wildman–Crippen LogP) is 2.57. The highest BCUT2D eigenvalue weighted by molar-refractivity contribution is 5.53. The summed E-state index contributed by atoms with van der Waals surface area (Å²) in [6.45, 7) is 0. The maximum atomic E-state index is 12.5. The van der Waals surface area contributed by atoms with E-state index in [-0.39, 0.29) is 5.82 Å². The van der Waals surface area contributed by atoms with Gasteiger partial charge in [-0.2, -0.15) is 13.2 Å². The first kappa shape index (κ1) is 12.3. The van der Waals surface area contributed by atoms with Crippen LogP contribution in [0.1, 0.15) is 5.69 Å². The van der Waals surface area contributed by atoms with Gasteiger partial charge in [-0.15, -0.1) is 0 Å². The topological polar surface area (TPSA) is 47.9 Å². The van der Waals surface area contributed by atoms with Crippen molar-refractivity contribution in [3.05, 3.63) is 36.3 Å². The highest BCUT2D eigenvalue weighted by atomic mass is 19.4. The molecule has 2 rings (SSSR count). The summed E-state index contributed by atoms with van der Waals surface area (Å²) in [6.07, 6.45) is -2.07. The normalized spacial score (nSPS) is 11.3. The smallest absolute Gasteiger partial charge is 0.433 e. The standard InChI is InChI=1S/C11H8F3N3O/c1-18-9-3-2-7(6-16-9)10-15-5-4-8(17-10)11(12,13)14/h2-6H,1H3. The minimum absolute atomic E-state index is 0.0278. The lowest BCUT2D eigenvalue weighted by Crippen LogP contribution is -2.09. The number of pyridine rings is 1. The van der Waals surface area contributed by atoms with E-state index in [1.165, 1.54) is 19.4 Å². The molecule has 0 aliphatic rings. The van der Waals surface area contributed by atoms with Crippen LogP contribution in [0.25, 0.3) is 11.4 Å². The highest BCUT2D eigenvalue weighted by Crippen LogP contribution is 2.28. The van der Waals surface area contributed by atoms with E-state index < -0.39 is 11.9 Å². The molecule has 0 aromatic carbocycles. The van der Waals surface area contributed by atoms with Crippen LogP contribution >= 0.6 is 0 Å². The van der Waals surface area contributed by atoms with E-state index in [1.54, 1.807) is 6.07 Å². The maximum Gasteiger partial charge on any atom is 0.433 e. The van der Waals surface area contributed by atoms with Crippen LogP contribution in [-0.4, -0.2) is 22.1 Å². The molecule has 2 heterocycles. The van der Waals surface area contributed by atoms with Crippen molar-refractivity contribution in [1.82, 2.24) is 15.0 Å². The molecule has 0 unspecified atom stereocenters. The van der Waals surface area contributed by atoms with E-state index in [2.05, 4.69) is 15.0 Å². The lowest BCUT2D eigenvalue weighted by molar-refractivity contribution is -0.141. The van der Waals surface area contributed by atoms with Crippen LogP contribution < -0.4 is 4.74 Å². The average molecular weight is 255 g/mol. The van der Waals surface area contributed by atoms with Crippen LogP contribution in [0.4, 0.5) is 13.2 Å². The third kappa shape index (κ3) is 2.55. The zero-order valence-corrected chi connectivity index (χ0v) is 9.27. The molecule has 2 aromatic heterocycles. The van der Waals surface area contributed by atoms with Crippen molar-refractivity contribution in [3.8, 4) is 17.3 Å². The summed E-state index contributed by atoms with van der Waals surface area (Å²) in [6, 6.07) is 3.89. The minimum Gasteiger partial charge on any atom is -0.481 e. The monoisotopic (exact) mass is 255 g/mol. The van der Waals surface area contributed by atoms with Gasteiger partial charge in [0.25, 0.3) is 0 Å². The number of rotatable bonds is 2. The Bertz CT molecular complexity index is 540. The van der Waals surface area contributed by atoms with Gasteiger partial charge in [-0.3, -0.25) is 0 Å². The molecule has 0 amide bonds. The fourth-order valence-electron chi connectivity index (χ4n) is 1.29. The zero-order valence-electron chi connectivity index (χ0n) is 9.27. The van der Waals surface area contributed by atoms with Crippen molar-refractivity contribution in [2.75, 3.05) is 7.11 Å². The Morgan fingerprint density at radius 2 is 1.89 bits per heavy atom. The third-order valence-electron chi connectivity index (χ3n) is 2.15. The molecule has 2 aromatic rings. The Morgan fingerprint density at radius 3 is 2.44 bits per heavy atom. The molecule has 0 aliphatic heterocycles. The summed E-state index contributed by atoms with van der Waals surface area (Å²) < 4.78 is 42.3. The summed E-state index contributed by atoms with van der Waals surface area (Å²) in [7, 11) is 1.45. The van der Waals surface area contributed by atoms with Gasteiger partial charge in [0.2, 0.25) is 5.88 Å². The summed E-state index contributed by atoms with van der Waals surface area (Å²) in [5.41, 5.74) is -0.592. The van der Waals surface area contributed by atoms with Crippen LogP contribution in [0.5, 0.6) is 5.88 Å². The Balaban J connectivity index is 2.38. The van der Waals surface area contributed by atoms with Gasteiger partial charge >= 0.3 is 6.18 Å². The first-order valence-corrected chi connectivity index (χ1v) is 4.91. The lowest BCUT2D eigenvalue weighted by atomic mass is 10.2. The molecule has 0 aliphatic carbocycles. The van der Waals surface area contributed by atoms with Crippen LogP contribution in [0, 0.1) is 0 Å². The van der Waals surface area contributed by atoms with Crippen molar-refractivity contribution in [2.45, 2.75) is 6.18 Å². The van der Waals surface area contributed by atoms with E-state index in [1.807, 2.05) is 0 Å². The Kier molecular flexibility index (Phi) is 3.14. The van der Waals surface area contributed by atoms with E-state index in [9.17, 15) is 13.2 Å². The molecule has 7 heteroatoms. The van der Waals surface area contributed by atoms with E-state index in [4.69, 9.17) is 4.74 Å². The molecular formula is C11H8F3N3O. The van der Waals surface area contributed by atoms with Gasteiger partial charge in [0.05, 0.1) is 7.11 Å². The average Bonchev–Trinajstić information content (AvgIpc) is 2.38. The first-order valence-electron chi connectivity index (χ1n) is 4.91. The number of alkyl halides is 3. The Morgan fingerprint density at radius 1 is 1.11 bits per heavy atom. The number of hydrogen-bond donors (Lipinski definition) is 0. The summed E-state index contributed by atoms with van der Waals surface area (Å²) in [5.74, 6) is 0.339. The van der Waals surface area contributed by atoms with Crippen molar-refractivity contribution < 1.29 is 17.9 Å². The summed E-state index contributed by atoms with van der Waals surface area (Å²) in [5, 5.41) is 0. The second-order valence-electron chi connectivity index (χ2n) is 3.35. The number of hydrogen-bond acceptors (Lipinski definition) is 4. The third-order valence-corrected chi connectivity index (χ3v) is 2.15. The highest BCUT2D eigenvalue weighted by Gasteiger charge is 2.32. The van der Waals surface area contributed by atoms with Gasteiger partial charge in [0.15, 0.2) is 5.82 Å².